The smallest absolute Gasteiger partial charge is 0.255 e. The molecule has 4 heterocycles. The van der Waals surface area contributed by atoms with E-state index in [4.69, 9.17) is 4.42 Å². The van der Waals surface area contributed by atoms with E-state index in [9.17, 15) is 4.79 Å². The van der Waals surface area contributed by atoms with E-state index in [1.807, 2.05) is 28.8 Å². The highest BCUT2D eigenvalue weighted by Crippen LogP contribution is 2.15. The van der Waals surface area contributed by atoms with Gasteiger partial charge in [-0.2, -0.15) is 0 Å². The third kappa shape index (κ3) is 3.19. The molecule has 26 heavy (non-hydrogen) atoms. The van der Waals surface area contributed by atoms with E-state index in [-0.39, 0.29) is 5.91 Å². The number of aromatic nitrogens is 4. The number of hydrogen-bond acceptors (Lipinski definition) is 5. The van der Waals surface area contributed by atoms with Crippen LogP contribution in [-0.2, 0) is 13.1 Å². The van der Waals surface area contributed by atoms with Gasteiger partial charge < -0.3 is 13.9 Å². The molecule has 0 bridgehead atoms. The van der Waals surface area contributed by atoms with E-state index in [1.165, 1.54) is 0 Å². The SMILES string of the molecule is CN(Cc1ccoc1)C(=O)c1cnc2c(c1)ncn2Cc1ccccn1. The number of furan rings is 1. The van der Waals surface area contributed by atoms with Gasteiger partial charge in [0.2, 0.25) is 0 Å². The maximum absolute atomic E-state index is 12.6. The van der Waals surface area contributed by atoms with Crippen molar-refractivity contribution in [3.63, 3.8) is 0 Å². The molecular formula is C19H17N5O2. The van der Waals surface area contributed by atoms with Crippen molar-refractivity contribution in [2.24, 2.45) is 0 Å². The first kappa shape index (κ1) is 16.0. The number of carbonyl (C=O) groups is 1. The summed E-state index contributed by atoms with van der Waals surface area (Å²) in [7, 11) is 1.75. The number of imidazole rings is 1. The van der Waals surface area contributed by atoms with Gasteiger partial charge in [-0.1, -0.05) is 6.07 Å². The van der Waals surface area contributed by atoms with Crippen molar-refractivity contribution in [3.05, 3.63) is 78.4 Å². The van der Waals surface area contributed by atoms with E-state index < -0.39 is 0 Å². The van der Waals surface area contributed by atoms with Gasteiger partial charge in [-0.3, -0.25) is 9.78 Å². The number of fused-ring (bicyclic) bond motifs is 1. The molecule has 0 aromatic carbocycles. The number of carbonyl (C=O) groups excluding carboxylic acids is 1. The molecule has 7 heteroatoms. The van der Waals surface area contributed by atoms with Gasteiger partial charge in [0.15, 0.2) is 5.65 Å². The highest BCUT2D eigenvalue weighted by molar-refractivity contribution is 5.96. The molecule has 0 unspecified atom stereocenters. The first-order chi connectivity index (χ1) is 12.7. The molecule has 4 aromatic rings. The molecule has 0 N–H and O–H groups in total. The lowest BCUT2D eigenvalue weighted by Gasteiger charge is -2.16. The first-order valence-electron chi connectivity index (χ1n) is 8.18. The molecule has 0 aliphatic rings. The van der Waals surface area contributed by atoms with Crippen LogP contribution in [0.4, 0.5) is 0 Å². The van der Waals surface area contributed by atoms with Gasteiger partial charge in [-0.05, 0) is 24.3 Å². The number of amides is 1. The summed E-state index contributed by atoms with van der Waals surface area (Å²) < 4.78 is 6.96. The van der Waals surface area contributed by atoms with Crippen LogP contribution in [0.5, 0.6) is 0 Å². The third-order valence-electron chi connectivity index (χ3n) is 4.11. The summed E-state index contributed by atoms with van der Waals surface area (Å²) in [6.07, 6.45) is 8.29. The Kier molecular flexibility index (Phi) is 4.18. The molecule has 7 nitrogen and oxygen atoms in total. The van der Waals surface area contributed by atoms with Crippen molar-refractivity contribution >= 4 is 17.1 Å². The van der Waals surface area contributed by atoms with Crippen LogP contribution >= 0.6 is 0 Å². The maximum Gasteiger partial charge on any atom is 0.255 e. The normalized spacial score (nSPS) is 11.0. The van der Waals surface area contributed by atoms with E-state index in [0.29, 0.717) is 24.2 Å². The van der Waals surface area contributed by atoms with E-state index in [2.05, 4.69) is 15.0 Å². The molecule has 1 amide bonds. The minimum Gasteiger partial charge on any atom is -0.472 e. The number of nitrogens with zero attached hydrogens (tertiary/aromatic N) is 5. The lowest BCUT2D eigenvalue weighted by atomic mass is 10.2. The Morgan fingerprint density at radius 1 is 1.23 bits per heavy atom. The molecule has 0 aliphatic carbocycles. The fourth-order valence-corrected chi connectivity index (χ4v) is 2.80. The van der Waals surface area contributed by atoms with E-state index in [1.54, 1.807) is 49.3 Å². The molecule has 0 aliphatic heterocycles. The van der Waals surface area contributed by atoms with Gasteiger partial charge in [-0.15, -0.1) is 0 Å². The average Bonchev–Trinajstić information content (AvgIpc) is 3.32. The van der Waals surface area contributed by atoms with Gasteiger partial charge in [0.25, 0.3) is 5.91 Å². The Morgan fingerprint density at radius 2 is 2.15 bits per heavy atom. The van der Waals surface area contributed by atoms with Crippen LogP contribution < -0.4 is 0 Å². The van der Waals surface area contributed by atoms with E-state index >= 15 is 0 Å². The molecule has 130 valence electrons. The quantitative estimate of drug-likeness (QED) is 0.555. The summed E-state index contributed by atoms with van der Waals surface area (Å²) in [5.74, 6) is -0.111. The van der Waals surface area contributed by atoms with Crippen molar-refractivity contribution in [3.8, 4) is 0 Å². The van der Waals surface area contributed by atoms with Crippen LogP contribution in [-0.4, -0.2) is 37.4 Å². The summed E-state index contributed by atoms with van der Waals surface area (Å²) in [6.45, 7) is 1.06. The Morgan fingerprint density at radius 3 is 2.92 bits per heavy atom. The third-order valence-corrected chi connectivity index (χ3v) is 4.11. The largest absolute Gasteiger partial charge is 0.472 e. The summed E-state index contributed by atoms with van der Waals surface area (Å²) in [4.78, 5) is 27.4. The zero-order valence-corrected chi connectivity index (χ0v) is 14.2. The van der Waals surface area contributed by atoms with Crippen molar-refractivity contribution < 1.29 is 9.21 Å². The summed E-state index contributed by atoms with van der Waals surface area (Å²) >= 11 is 0. The van der Waals surface area contributed by atoms with Crippen molar-refractivity contribution in [2.75, 3.05) is 7.05 Å². The zero-order valence-electron chi connectivity index (χ0n) is 14.2. The Hall–Kier alpha value is -3.48. The molecule has 0 radical (unpaired) electrons. The van der Waals surface area contributed by atoms with Gasteiger partial charge >= 0.3 is 0 Å². The second-order valence-electron chi connectivity index (χ2n) is 6.05. The Bertz CT molecular complexity index is 1020. The Balaban J connectivity index is 1.55. The molecular weight excluding hydrogens is 330 g/mol. The highest BCUT2D eigenvalue weighted by atomic mass is 16.3. The second-order valence-corrected chi connectivity index (χ2v) is 6.05. The van der Waals surface area contributed by atoms with Crippen LogP contribution in [0.1, 0.15) is 21.6 Å². The number of hydrogen-bond donors (Lipinski definition) is 0. The second kappa shape index (κ2) is 6.79. The van der Waals surface area contributed by atoms with Crippen LogP contribution in [0.25, 0.3) is 11.2 Å². The lowest BCUT2D eigenvalue weighted by molar-refractivity contribution is 0.0784. The average molecular weight is 347 g/mol. The minimum atomic E-state index is -0.111. The van der Waals surface area contributed by atoms with Gasteiger partial charge in [0.1, 0.15) is 5.52 Å². The van der Waals surface area contributed by atoms with Crippen LogP contribution in [0.3, 0.4) is 0 Å². The Labute approximate surface area is 149 Å². The summed E-state index contributed by atoms with van der Waals surface area (Å²) in [5.41, 5.74) is 3.78. The highest BCUT2D eigenvalue weighted by Gasteiger charge is 2.15. The predicted octanol–water partition coefficient (Wildman–Crippen LogP) is 2.74. The maximum atomic E-state index is 12.6. The lowest BCUT2D eigenvalue weighted by Crippen LogP contribution is -2.26. The number of rotatable bonds is 5. The fourth-order valence-electron chi connectivity index (χ4n) is 2.80. The first-order valence-corrected chi connectivity index (χ1v) is 8.18. The standard InChI is InChI=1S/C19H17N5O2/c1-23(10-14-5-7-26-12-14)19(25)15-8-17-18(21-9-15)24(13-22-17)11-16-4-2-3-6-20-16/h2-9,12-13H,10-11H2,1H3. The van der Waals surface area contributed by atoms with Crippen LogP contribution in [0.15, 0.2) is 66.0 Å². The monoisotopic (exact) mass is 347 g/mol. The van der Waals surface area contributed by atoms with E-state index in [0.717, 1.165) is 16.9 Å². The molecule has 4 rings (SSSR count). The van der Waals surface area contributed by atoms with Crippen LogP contribution in [0, 0.1) is 0 Å². The molecule has 4 aromatic heterocycles. The molecule has 0 spiro atoms. The summed E-state index contributed by atoms with van der Waals surface area (Å²) in [5, 5.41) is 0. The van der Waals surface area contributed by atoms with Crippen molar-refractivity contribution in [1.29, 1.82) is 0 Å². The molecule has 0 fully saturated rings. The zero-order chi connectivity index (χ0) is 17.9. The van der Waals surface area contributed by atoms with Crippen LogP contribution in [0.2, 0.25) is 0 Å². The van der Waals surface area contributed by atoms with Gasteiger partial charge in [0.05, 0.1) is 36.7 Å². The van der Waals surface area contributed by atoms with Crippen molar-refractivity contribution in [1.82, 2.24) is 24.4 Å². The van der Waals surface area contributed by atoms with Gasteiger partial charge in [0, 0.05) is 31.5 Å². The van der Waals surface area contributed by atoms with Crippen molar-refractivity contribution in [2.45, 2.75) is 13.1 Å². The minimum absolute atomic E-state index is 0.111. The summed E-state index contributed by atoms with van der Waals surface area (Å²) in [6, 6.07) is 9.39. The predicted molar refractivity (Wildman–Crippen MR) is 95.4 cm³/mol. The van der Waals surface area contributed by atoms with Gasteiger partial charge in [-0.25, -0.2) is 9.97 Å². The molecule has 0 saturated heterocycles. The number of pyridine rings is 2. The molecule has 0 saturated carbocycles. The fraction of sp³-hybridized carbons (Fsp3) is 0.158. The molecule has 0 atom stereocenters. The topological polar surface area (TPSA) is 77.0 Å².